The molecule has 0 bridgehead atoms. The normalized spacial score (nSPS) is 20.3. The first-order valence-corrected chi connectivity index (χ1v) is 9.91. The Morgan fingerprint density at radius 2 is 1.93 bits per heavy atom. The number of hydrogen-bond donors (Lipinski definition) is 0. The third-order valence-electron chi connectivity index (χ3n) is 4.81. The zero-order valence-electron chi connectivity index (χ0n) is 18.0. The van der Waals surface area contributed by atoms with Gasteiger partial charge in [-0.2, -0.15) is 5.26 Å². The summed E-state index contributed by atoms with van der Waals surface area (Å²) in [7, 11) is 0. The fraction of sp³-hybridized carbons (Fsp3) is 0.636. The topological polar surface area (TPSA) is 56.6 Å². The number of rotatable bonds is 3. The van der Waals surface area contributed by atoms with Crippen LogP contribution in [-0.4, -0.2) is 41.8 Å². The molecule has 6 heteroatoms. The molecule has 1 aliphatic heterocycles. The van der Waals surface area contributed by atoms with E-state index in [1.54, 1.807) is 4.90 Å². The summed E-state index contributed by atoms with van der Waals surface area (Å²) in [5.41, 5.74) is 1.01. The molecule has 1 fully saturated rings. The van der Waals surface area contributed by atoms with Crippen LogP contribution in [0.3, 0.4) is 0 Å². The minimum Gasteiger partial charge on any atom is -0.444 e. The number of hydrogen-bond acceptors (Lipinski definition) is 4. The molecule has 2 atom stereocenters. The minimum absolute atomic E-state index is 0.0653. The number of halogens is 1. The highest BCUT2D eigenvalue weighted by Gasteiger charge is 2.35. The number of piperazine rings is 1. The van der Waals surface area contributed by atoms with Gasteiger partial charge in [0.05, 0.1) is 5.69 Å². The molecule has 0 spiro atoms. The number of nitrogens with zero attached hydrogens (tertiary/aromatic N) is 3. The third-order valence-corrected chi connectivity index (χ3v) is 4.81. The highest BCUT2D eigenvalue weighted by Crippen LogP contribution is 2.31. The predicted octanol–water partition coefficient (Wildman–Crippen LogP) is 4.73. The lowest BCUT2D eigenvalue weighted by Crippen LogP contribution is -2.59. The highest BCUT2D eigenvalue weighted by atomic mass is 19.1. The van der Waals surface area contributed by atoms with Crippen LogP contribution in [-0.2, 0) is 11.2 Å². The number of benzene rings is 1. The Labute approximate surface area is 168 Å². The van der Waals surface area contributed by atoms with E-state index in [9.17, 15) is 14.4 Å². The molecule has 1 aliphatic rings. The Kier molecular flexibility index (Phi) is 6.59. The summed E-state index contributed by atoms with van der Waals surface area (Å²) < 4.78 is 20.1. The van der Waals surface area contributed by atoms with E-state index in [-0.39, 0.29) is 23.7 Å². The van der Waals surface area contributed by atoms with Gasteiger partial charge in [-0.1, -0.05) is 13.8 Å². The number of carbonyl (C=O) groups is 1. The molecule has 28 heavy (non-hydrogen) atoms. The second kappa shape index (κ2) is 8.38. The van der Waals surface area contributed by atoms with Crippen LogP contribution in [0.2, 0.25) is 0 Å². The first kappa shape index (κ1) is 22.0. The van der Waals surface area contributed by atoms with Crippen molar-refractivity contribution in [1.82, 2.24) is 4.90 Å². The molecule has 0 saturated carbocycles. The van der Waals surface area contributed by atoms with Crippen molar-refractivity contribution in [3.8, 4) is 6.07 Å². The number of carbonyl (C=O) groups excluding carboxylic acids is 1. The second-order valence-corrected chi connectivity index (χ2v) is 9.16. The van der Waals surface area contributed by atoms with Gasteiger partial charge in [-0.25, -0.2) is 9.18 Å². The molecule has 1 saturated heterocycles. The molecule has 1 aromatic carbocycles. The summed E-state index contributed by atoms with van der Waals surface area (Å²) in [6.07, 6.45) is 0.406. The van der Waals surface area contributed by atoms with Crippen LogP contribution in [0, 0.1) is 23.1 Å². The molecule has 154 valence electrons. The highest BCUT2D eigenvalue weighted by molar-refractivity contribution is 5.70. The maximum Gasteiger partial charge on any atom is 0.410 e. The van der Waals surface area contributed by atoms with Crippen molar-refractivity contribution in [3.63, 3.8) is 0 Å². The molecule has 0 aromatic heterocycles. The molecule has 0 N–H and O–H groups in total. The van der Waals surface area contributed by atoms with Gasteiger partial charge in [-0.05, 0) is 64.7 Å². The van der Waals surface area contributed by atoms with E-state index in [1.807, 2.05) is 51.7 Å². The molecule has 2 rings (SSSR count). The lowest BCUT2D eigenvalue weighted by Gasteiger charge is -2.45. The van der Waals surface area contributed by atoms with Crippen molar-refractivity contribution in [3.05, 3.63) is 29.1 Å². The summed E-state index contributed by atoms with van der Waals surface area (Å²) >= 11 is 0. The van der Waals surface area contributed by atoms with Crippen molar-refractivity contribution in [2.24, 2.45) is 5.92 Å². The molecular formula is C22H32FN3O2. The average Bonchev–Trinajstić information content (AvgIpc) is 2.53. The van der Waals surface area contributed by atoms with Gasteiger partial charge in [-0.3, -0.25) is 0 Å². The lowest BCUT2D eigenvalue weighted by molar-refractivity contribution is 0.0130. The van der Waals surface area contributed by atoms with E-state index < -0.39 is 11.4 Å². The van der Waals surface area contributed by atoms with E-state index in [0.717, 1.165) is 12.0 Å². The van der Waals surface area contributed by atoms with Gasteiger partial charge in [-0.15, -0.1) is 0 Å². The number of anilines is 1. The zero-order chi connectivity index (χ0) is 21.2. The van der Waals surface area contributed by atoms with Crippen LogP contribution in [0.1, 0.15) is 59.6 Å². The molecule has 1 amide bonds. The van der Waals surface area contributed by atoms with E-state index >= 15 is 0 Å². The maximum atomic E-state index is 14.6. The number of ether oxygens (including phenoxy) is 1. The van der Waals surface area contributed by atoms with Gasteiger partial charge in [0, 0.05) is 25.2 Å². The summed E-state index contributed by atoms with van der Waals surface area (Å²) in [5.74, 6) is -0.0920. The van der Waals surface area contributed by atoms with E-state index in [0.29, 0.717) is 24.7 Å². The third kappa shape index (κ3) is 5.15. The van der Waals surface area contributed by atoms with Crippen molar-refractivity contribution in [1.29, 1.82) is 5.26 Å². The SMILES string of the molecule is CC(C)Cc1cc(F)c(C#N)c(N2CC(C)N(C(=O)OC(C)(C)C)CC2C)c1. The minimum atomic E-state index is -0.556. The van der Waals surface area contributed by atoms with Gasteiger partial charge < -0.3 is 14.5 Å². The average molecular weight is 390 g/mol. The first-order chi connectivity index (χ1) is 12.9. The quantitative estimate of drug-likeness (QED) is 0.750. The first-order valence-electron chi connectivity index (χ1n) is 9.91. The van der Waals surface area contributed by atoms with Crippen LogP contribution in [0.15, 0.2) is 12.1 Å². The van der Waals surface area contributed by atoms with E-state index in [1.165, 1.54) is 6.07 Å². The van der Waals surface area contributed by atoms with E-state index in [2.05, 4.69) is 13.8 Å². The molecule has 5 nitrogen and oxygen atoms in total. The van der Waals surface area contributed by atoms with Crippen molar-refractivity contribution >= 4 is 11.8 Å². The Hall–Kier alpha value is -2.29. The summed E-state index contributed by atoms with van der Waals surface area (Å²) in [4.78, 5) is 16.3. The maximum absolute atomic E-state index is 14.6. The predicted molar refractivity (Wildman–Crippen MR) is 109 cm³/mol. The van der Waals surface area contributed by atoms with Crippen LogP contribution in [0.5, 0.6) is 0 Å². The van der Waals surface area contributed by atoms with Gasteiger partial charge in [0.25, 0.3) is 0 Å². The number of amides is 1. The Morgan fingerprint density at radius 1 is 1.29 bits per heavy atom. The molecule has 0 radical (unpaired) electrons. The Bertz CT molecular complexity index is 764. The largest absolute Gasteiger partial charge is 0.444 e. The smallest absolute Gasteiger partial charge is 0.410 e. The molecule has 2 unspecified atom stereocenters. The zero-order valence-corrected chi connectivity index (χ0v) is 18.0. The molecular weight excluding hydrogens is 357 g/mol. The van der Waals surface area contributed by atoms with Crippen molar-refractivity contribution in [2.75, 3.05) is 18.0 Å². The Morgan fingerprint density at radius 3 is 2.46 bits per heavy atom. The molecule has 0 aliphatic carbocycles. The fourth-order valence-electron chi connectivity index (χ4n) is 3.61. The van der Waals surface area contributed by atoms with Crippen LogP contribution in [0.4, 0.5) is 14.9 Å². The molecule has 1 heterocycles. The summed E-state index contributed by atoms with van der Waals surface area (Å²) in [6.45, 7) is 14.6. The van der Waals surface area contributed by atoms with Crippen LogP contribution in [0.25, 0.3) is 0 Å². The second-order valence-electron chi connectivity index (χ2n) is 9.16. The van der Waals surface area contributed by atoms with Gasteiger partial charge in [0.2, 0.25) is 0 Å². The molecule has 1 aromatic rings. The summed E-state index contributed by atoms with van der Waals surface area (Å²) in [5, 5.41) is 9.52. The standard InChI is InChI=1S/C22H32FN3O2/c1-14(2)8-17-9-19(23)18(11-24)20(10-17)25-12-16(4)26(13-15(25)3)21(27)28-22(5,6)7/h9-10,14-16H,8,12-13H2,1-7H3. The van der Waals surface area contributed by atoms with E-state index in [4.69, 9.17) is 4.74 Å². The lowest BCUT2D eigenvalue weighted by atomic mass is 9.98. The number of nitriles is 1. The van der Waals surface area contributed by atoms with Gasteiger partial charge in [0.15, 0.2) is 0 Å². The monoisotopic (exact) mass is 389 g/mol. The van der Waals surface area contributed by atoms with Crippen LogP contribution < -0.4 is 4.90 Å². The fourth-order valence-corrected chi connectivity index (χ4v) is 3.61. The van der Waals surface area contributed by atoms with Gasteiger partial charge in [0.1, 0.15) is 23.1 Å². The van der Waals surface area contributed by atoms with Crippen molar-refractivity contribution in [2.45, 2.75) is 72.6 Å². The summed E-state index contributed by atoms with van der Waals surface area (Å²) in [6, 6.07) is 5.23. The van der Waals surface area contributed by atoms with Gasteiger partial charge >= 0.3 is 6.09 Å². The Balaban J connectivity index is 2.31. The van der Waals surface area contributed by atoms with Crippen molar-refractivity contribution < 1.29 is 13.9 Å². The van der Waals surface area contributed by atoms with Crippen LogP contribution >= 0.6 is 0 Å².